The van der Waals surface area contributed by atoms with Gasteiger partial charge in [-0.05, 0) is 43.2 Å². The average molecular weight is 295 g/mol. The summed E-state index contributed by atoms with van der Waals surface area (Å²) in [5.41, 5.74) is 1.22. The Kier molecular flexibility index (Phi) is 3.01. The molecule has 2 amide bonds. The number of hydrogen-bond donors (Lipinski definition) is 1. The maximum atomic E-state index is 12.8. The number of amides is 2. The third-order valence-electron chi connectivity index (χ3n) is 4.83. The van der Waals surface area contributed by atoms with E-state index in [9.17, 15) is 14.7 Å². The minimum atomic E-state index is -0.304. The SMILES string of the molecule is O=C1c2cccc3cccc(c23)C(=O)N1C1CCC(O)CC1. The van der Waals surface area contributed by atoms with Gasteiger partial charge in [0, 0.05) is 22.6 Å². The number of nitrogens with zero attached hydrogens (tertiary/aromatic N) is 1. The van der Waals surface area contributed by atoms with E-state index < -0.39 is 0 Å². The molecule has 112 valence electrons. The van der Waals surface area contributed by atoms with Crippen molar-refractivity contribution in [3.8, 4) is 0 Å². The van der Waals surface area contributed by atoms with Crippen LogP contribution in [0.25, 0.3) is 10.8 Å². The van der Waals surface area contributed by atoms with Gasteiger partial charge in [-0.3, -0.25) is 14.5 Å². The van der Waals surface area contributed by atoms with Crippen LogP contribution in [-0.4, -0.2) is 34.0 Å². The van der Waals surface area contributed by atoms with Crippen molar-refractivity contribution >= 4 is 22.6 Å². The first-order valence-electron chi connectivity index (χ1n) is 7.74. The summed E-state index contributed by atoms with van der Waals surface area (Å²) in [6.07, 6.45) is 2.34. The van der Waals surface area contributed by atoms with Gasteiger partial charge in [-0.25, -0.2) is 0 Å². The Balaban J connectivity index is 1.82. The highest BCUT2D eigenvalue weighted by Gasteiger charge is 2.38. The van der Waals surface area contributed by atoms with E-state index in [1.807, 2.05) is 24.3 Å². The predicted molar refractivity (Wildman–Crippen MR) is 82.7 cm³/mol. The van der Waals surface area contributed by atoms with E-state index in [-0.39, 0.29) is 24.0 Å². The number of aliphatic hydroxyl groups is 1. The molecule has 1 aliphatic heterocycles. The predicted octanol–water partition coefficient (Wildman–Crippen LogP) is 2.74. The van der Waals surface area contributed by atoms with Crippen LogP contribution in [-0.2, 0) is 0 Å². The van der Waals surface area contributed by atoms with Crippen LogP contribution in [0.15, 0.2) is 36.4 Å². The summed E-state index contributed by atoms with van der Waals surface area (Å²) in [4.78, 5) is 27.1. The third-order valence-corrected chi connectivity index (χ3v) is 4.83. The van der Waals surface area contributed by atoms with Gasteiger partial charge in [0.2, 0.25) is 0 Å². The van der Waals surface area contributed by atoms with E-state index in [1.165, 1.54) is 4.90 Å². The lowest BCUT2D eigenvalue weighted by Gasteiger charge is -2.36. The average Bonchev–Trinajstić information content (AvgIpc) is 2.54. The van der Waals surface area contributed by atoms with Crippen molar-refractivity contribution in [2.45, 2.75) is 37.8 Å². The Morgan fingerprint density at radius 1 is 0.864 bits per heavy atom. The molecule has 22 heavy (non-hydrogen) atoms. The molecule has 0 bridgehead atoms. The van der Waals surface area contributed by atoms with E-state index in [0.717, 1.165) is 10.8 Å². The number of carbonyl (C=O) groups is 2. The Labute approximate surface area is 128 Å². The number of carbonyl (C=O) groups excluding carboxylic acids is 2. The van der Waals surface area contributed by atoms with Crippen LogP contribution in [0.5, 0.6) is 0 Å². The van der Waals surface area contributed by atoms with E-state index in [4.69, 9.17) is 0 Å². The number of imide groups is 1. The lowest BCUT2D eigenvalue weighted by molar-refractivity contribution is 0.0408. The third kappa shape index (κ3) is 1.87. The monoisotopic (exact) mass is 295 g/mol. The van der Waals surface area contributed by atoms with Crippen molar-refractivity contribution in [2.75, 3.05) is 0 Å². The van der Waals surface area contributed by atoms with Crippen molar-refractivity contribution in [2.24, 2.45) is 0 Å². The fourth-order valence-electron chi connectivity index (χ4n) is 3.70. The molecule has 0 radical (unpaired) electrons. The van der Waals surface area contributed by atoms with Crippen LogP contribution in [0.4, 0.5) is 0 Å². The van der Waals surface area contributed by atoms with Gasteiger partial charge in [0.1, 0.15) is 0 Å². The lowest BCUT2D eigenvalue weighted by atomic mass is 9.88. The summed E-state index contributed by atoms with van der Waals surface area (Å²) in [5.74, 6) is -0.397. The molecule has 4 heteroatoms. The largest absolute Gasteiger partial charge is 0.393 e. The summed E-state index contributed by atoms with van der Waals surface area (Å²) in [7, 11) is 0. The molecule has 1 heterocycles. The van der Waals surface area contributed by atoms with Gasteiger partial charge in [-0.1, -0.05) is 24.3 Å². The molecule has 0 aromatic heterocycles. The summed E-state index contributed by atoms with van der Waals surface area (Å²) in [5, 5.41) is 11.3. The van der Waals surface area contributed by atoms with E-state index in [0.29, 0.717) is 36.8 Å². The van der Waals surface area contributed by atoms with Gasteiger partial charge >= 0.3 is 0 Å². The molecule has 1 fully saturated rings. The van der Waals surface area contributed by atoms with Gasteiger partial charge in [-0.2, -0.15) is 0 Å². The van der Waals surface area contributed by atoms with Crippen LogP contribution in [0, 0.1) is 0 Å². The quantitative estimate of drug-likeness (QED) is 0.823. The Bertz CT molecular complexity index is 724. The molecule has 4 rings (SSSR count). The highest BCUT2D eigenvalue weighted by molar-refractivity contribution is 6.25. The van der Waals surface area contributed by atoms with Crippen molar-refractivity contribution in [3.05, 3.63) is 47.5 Å². The van der Waals surface area contributed by atoms with Crippen molar-refractivity contribution in [3.63, 3.8) is 0 Å². The number of hydrogen-bond acceptors (Lipinski definition) is 3. The van der Waals surface area contributed by atoms with Gasteiger partial charge in [0.15, 0.2) is 0 Å². The first-order chi connectivity index (χ1) is 10.7. The maximum Gasteiger partial charge on any atom is 0.261 e. The zero-order valence-corrected chi connectivity index (χ0v) is 12.2. The van der Waals surface area contributed by atoms with Crippen LogP contribution in [0.1, 0.15) is 46.4 Å². The topological polar surface area (TPSA) is 57.6 Å². The first-order valence-corrected chi connectivity index (χ1v) is 7.74. The first kappa shape index (κ1) is 13.5. The van der Waals surface area contributed by atoms with E-state index >= 15 is 0 Å². The van der Waals surface area contributed by atoms with Gasteiger partial charge in [-0.15, -0.1) is 0 Å². The van der Waals surface area contributed by atoms with Gasteiger partial charge in [0.05, 0.1) is 6.10 Å². The molecule has 4 nitrogen and oxygen atoms in total. The second-order valence-electron chi connectivity index (χ2n) is 6.15. The standard InChI is InChI=1S/C18H17NO3/c20-13-9-7-12(8-10-13)19-17(21)14-5-1-3-11-4-2-6-15(16(11)14)18(19)22/h1-6,12-13,20H,7-10H2. The van der Waals surface area contributed by atoms with Gasteiger partial charge < -0.3 is 5.11 Å². The Morgan fingerprint density at radius 2 is 1.41 bits per heavy atom. The zero-order valence-electron chi connectivity index (χ0n) is 12.2. The molecular formula is C18H17NO3. The van der Waals surface area contributed by atoms with Crippen LogP contribution in [0.2, 0.25) is 0 Å². The zero-order chi connectivity index (χ0) is 15.3. The van der Waals surface area contributed by atoms with Crippen LogP contribution < -0.4 is 0 Å². The number of aliphatic hydroxyl groups excluding tert-OH is 1. The van der Waals surface area contributed by atoms with E-state index in [1.54, 1.807) is 12.1 Å². The Morgan fingerprint density at radius 3 is 1.95 bits per heavy atom. The summed E-state index contributed by atoms with van der Waals surface area (Å²) < 4.78 is 0. The molecule has 2 aromatic carbocycles. The normalized spacial score (nSPS) is 24.9. The molecule has 1 aliphatic carbocycles. The van der Waals surface area contributed by atoms with Crippen molar-refractivity contribution < 1.29 is 14.7 Å². The number of benzene rings is 2. The molecule has 1 N–H and O–H groups in total. The minimum absolute atomic E-state index is 0.105. The maximum absolute atomic E-state index is 12.8. The van der Waals surface area contributed by atoms with Crippen molar-refractivity contribution in [1.29, 1.82) is 0 Å². The Hall–Kier alpha value is -2.20. The lowest BCUT2D eigenvalue weighted by Crippen LogP contribution is -2.48. The molecule has 2 aliphatic rings. The summed E-state index contributed by atoms with van der Waals surface area (Å²) in [6, 6.07) is 11.1. The molecule has 0 unspecified atom stereocenters. The van der Waals surface area contributed by atoms with E-state index in [2.05, 4.69) is 0 Å². The van der Waals surface area contributed by atoms with Crippen molar-refractivity contribution in [1.82, 2.24) is 4.90 Å². The second-order valence-corrected chi connectivity index (χ2v) is 6.15. The fourth-order valence-corrected chi connectivity index (χ4v) is 3.70. The molecule has 2 aromatic rings. The van der Waals surface area contributed by atoms with Crippen LogP contribution >= 0.6 is 0 Å². The second kappa shape index (κ2) is 4.92. The highest BCUT2D eigenvalue weighted by atomic mass is 16.3. The van der Waals surface area contributed by atoms with Crippen LogP contribution in [0.3, 0.4) is 0 Å². The molecule has 1 saturated carbocycles. The summed E-state index contributed by atoms with van der Waals surface area (Å²) >= 11 is 0. The molecule has 0 spiro atoms. The highest BCUT2D eigenvalue weighted by Crippen LogP contribution is 2.34. The molecular weight excluding hydrogens is 278 g/mol. The molecule has 0 atom stereocenters. The number of rotatable bonds is 1. The smallest absolute Gasteiger partial charge is 0.261 e. The van der Waals surface area contributed by atoms with Gasteiger partial charge in [0.25, 0.3) is 11.8 Å². The minimum Gasteiger partial charge on any atom is -0.393 e. The summed E-state index contributed by atoms with van der Waals surface area (Å²) in [6.45, 7) is 0. The molecule has 0 saturated heterocycles. The fraction of sp³-hybridized carbons (Fsp3) is 0.333.